The van der Waals surface area contributed by atoms with Gasteiger partial charge in [0.1, 0.15) is 0 Å². The Morgan fingerprint density at radius 3 is 1.95 bits per heavy atom. The van der Waals surface area contributed by atoms with Gasteiger partial charge in [-0.15, -0.1) is 0 Å². The van der Waals surface area contributed by atoms with Gasteiger partial charge in [0.25, 0.3) is 0 Å². The molecule has 102 valence electrons. The van der Waals surface area contributed by atoms with E-state index in [2.05, 4.69) is 0 Å². The Morgan fingerprint density at radius 1 is 0.762 bits per heavy atom. The standard InChI is InChI=1S/C17H10O4/c1-9(18)15(19)12-7-4-8-13-14(12)17(21)11-6-3-2-5-10(11)16(13)20/h2-8H,1H3. The van der Waals surface area contributed by atoms with Crippen molar-refractivity contribution in [2.45, 2.75) is 6.92 Å². The number of benzene rings is 2. The van der Waals surface area contributed by atoms with Gasteiger partial charge in [-0.1, -0.05) is 42.5 Å². The van der Waals surface area contributed by atoms with Crippen LogP contribution in [0.4, 0.5) is 0 Å². The van der Waals surface area contributed by atoms with E-state index in [-0.39, 0.29) is 28.0 Å². The zero-order chi connectivity index (χ0) is 15.1. The number of carbonyl (C=O) groups is 4. The molecule has 0 fully saturated rings. The van der Waals surface area contributed by atoms with Crippen LogP contribution in [0.5, 0.6) is 0 Å². The summed E-state index contributed by atoms with van der Waals surface area (Å²) < 4.78 is 0. The van der Waals surface area contributed by atoms with Gasteiger partial charge in [0, 0.05) is 34.7 Å². The van der Waals surface area contributed by atoms with Crippen LogP contribution in [0, 0.1) is 0 Å². The zero-order valence-electron chi connectivity index (χ0n) is 11.2. The summed E-state index contributed by atoms with van der Waals surface area (Å²) in [5, 5.41) is 0. The smallest absolute Gasteiger partial charge is 0.229 e. The maximum Gasteiger partial charge on any atom is 0.229 e. The van der Waals surface area contributed by atoms with Crippen molar-refractivity contribution in [3.63, 3.8) is 0 Å². The molecular weight excluding hydrogens is 268 g/mol. The average molecular weight is 278 g/mol. The number of hydrogen-bond donors (Lipinski definition) is 0. The zero-order valence-corrected chi connectivity index (χ0v) is 11.2. The van der Waals surface area contributed by atoms with Crippen LogP contribution in [0.15, 0.2) is 42.5 Å². The van der Waals surface area contributed by atoms with E-state index in [4.69, 9.17) is 0 Å². The van der Waals surface area contributed by atoms with Crippen LogP contribution in [0.2, 0.25) is 0 Å². The molecule has 0 unspecified atom stereocenters. The summed E-state index contributed by atoms with van der Waals surface area (Å²) in [6.45, 7) is 1.14. The topological polar surface area (TPSA) is 68.3 Å². The summed E-state index contributed by atoms with van der Waals surface area (Å²) in [7, 11) is 0. The highest BCUT2D eigenvalue weighted by Crippen LogP contribution is 2.29. The Morgan fingerprint density at radius 2 is 1.33 bits per heavy atom. The SMILES string of the molecule is CC(=O)C(=O)c1cccc2c1C(=O)c1ccccc1C2=O. The molecule has 4 nitrogen and oxygen atoms in total. The van der Waals surface area contributed by atoms with Crippen LogP contribution in [0.1, 0.15) is 49.1 Å². The van der Waals surface area contributed by atoms with Crippen LogP contribution in [-0.4, -0.2) is 23.1 Å². The fourth-order valence-corrected chi connectivity index (χ4v) is 2.52. The van der Waals surface area contributed by atoms with E-state index in [1.54, 1.807) is 24.3 Å². The molecule has 3 rings (SSSR count). The molecule has 1 aliphatic carbocycles. The lowest BCUT2D eigenvalue weighted by Gasteiger charge is -2.19. The number of rotatable bonds is 2. The van der Waals surface area contributed by atoms with Crippen molar-refractivity contribution in [1.29, 1.82) is 0 Å². The van der Waals surface area contributed by atoms with E-state index >= 15 is 0 Å². The Kier molecular flexibility index (Phi) is 2.87. The minimum Gasteiger partial charge on any atom is -0.291 e. The first-order valence-electron chi connectivity index (χ1n) is 6.39. The van der Waals surface area contributed by atoms with E-state index in [1.807, 2.05) is 0 Å². The molecule has 21 heavy (non-hydrogen) atoms. The quantitative estimate of drug-likeness (QED) is 0.532. The molecular formula is C17H10O4. The van der Waals surface area contributed by atoms with Crippen LogP contribution in [0.25, 0.3) is 0 Å². The summed E-state index contributed by atoms with van der Waals surface area (Å²) in [6, 6.07) is 10.9. The van der Waals surface area contributed by atoms with E-state index in [1.165, 1.54) is 18.2 Å². The lowest BCUT2D eigenvalue weighted by molar-refractivity contribution is -0.113. The van der Waals surface area contributed by atoms with Gasteiger partial charge in [-0.2, -0.15) is 0 Å². The molecule has 0 aliphatic heterocycles. The maximum absolute atomic E-state index is 12.6. The molecule has 0 saturated heterocycles. The molecule has 0 spiro atoms. The number of Topliss-reactive ketones (excluding diaryl/α,β-unsaturated/α-hetero) is 2. The monoisotopic (exact) mass is 278 g/mol. The Hall–Kier alpha value is -2.88. The van der Waals surface area contributed by atoms with E-state index < -0.39 is 17.3 Å². The van der Waals surface area contributed by atoms with Gasteiger partial charge < -0.3 is 0 Å². The summed E-state index contributed by atoms with van der Waals surface area (Å²) in [5.74, 6) is -2.13. The maximum atomic E-state index is 12.6. The average Bonchev–Trinajstić information content (AvgIpc) is 2.51. The van der Waals surface area contributed by atoms with Gasteiger partial charge in [-0.3, -0.25) is 19.2 Å². The molecule has 0 saturated carbocycles. The molecule has 4 heteroatoms. The lowest BCUT2D eigenvalue weighted by Crippen LogP contribution is -2.25. The van der Waals surface area contributed by atoms with Gasteiger partial charge in [-0.25, -0.2) is 0 Å². The molecule has 0 heterocycles. The van der Waals surface area contributed by atoms with Crippen molar-refractivity contribution in [2.24, 2.45) is 0 Å². The highest BCUT2D eigenvalue weighted by Gasteiger charge is 2.33. The largest absolute Gasteiger partial charge is 0.291 e. The second-order valence-electron chi connectivity index (χ2n) is 4.82. The molecule has 0 atom stereocenters. The molecule has 0 bridgehead atoms. The highest BCUT2D eigenvalue weighted by atomic mass is 16.2. The van der Waals surface area contributed by atoms with Gasteiger partial charge in [-0.05, 0) is 0 Å². The minimum atomic E-state index is -0.757. The minimum absolute atomic E-state index is 0.00662. The van der Waals surface area contributed by atoms with Gasteiger partial charge >= 0.3 is 0 Å². The summed E-state index contributed by atoms with van der Waals surface area (Å²) in [6.07, 6.45) is 0. The summed E-state index contributed by atoms with van der Waals surface area (Å²) in [5.41, 5.74) is 0.779. The number of carbonyl (C=O) groups excluding carboxylic acids is 4. The Balaban J connectivity index is 2.31. The van der Waals surface area contributed by atoms with Crippen molar-refractivity contribution in [2.75, 3.05) is 0 Å². The molecule has 2 aromatic carbocycles. The third-order valence-electron chi connectivity index (χ3n) is 3.52. The van der Waals surface area contributed by atoms with Gasteiger partial charge in [0.05, 0.1) is 0 Å². The van der Waals surface area contributed by atoms with Crippen LogP contribution in [0.3, 0.4) is 0 Å². The third-order valence-corrected chi connectivity index (χ3v) is 3.52. The molecule has 0 aromatic heterocycles. The van der Waals surface area contributed by atoms with Crippen molar-refractivity contribution in [3.8, 4) is 0 Å². The fourth-order valence-electron chi connectivity index (χ4n) is 2.52. The van der Waals surface area contributed by atoms with Crippen molar-refractivity contribution >= 4 is 23.1 Å². The highest BCUT2D eigenvalue weighted by molar-refractivity contribution is 6.45. The second-order valence-corrected chi connectivity index (χ2v) is 4.82. The van der Waals surface area contributed by atoms with Crippen molar-refractivity contribution in [1.82, 2.24) is 0 Å². The predicted octanol–water partition coefficient (Wildman–Crippen LogP) is 2.23. The van der Waals surface area contributed by atoms with E-state index in [0.717, 1.165) is 6.92 Å². The normalized spacial score (nSPS) is 12.6. The molecule has 2 aromatic rings. The number of ketones is 4. The second kappa shape index (κ2) is 4.59. The number of hydrogen-bond acceptors (Lipinski definition) is 4. The molecule has 0 radical (unpaired) electrons. The molecule has 0 N–H and O–H groups in total. The molecule has 0 amide bonds. The summed E-state index contributed by atoms with van der Waals surface area (Å²) in [4.78, 5) is 48.3. The van der Waals surface area contributed by atoms with Crippen LogP contribution in [-0.2, 0) is 4.79 Å². The Labute approximate surface area is 120 Å². The fraction of sp³-hybridized carbons (Fsp3) is 0.0588. The first kappa shape index (κ1) is 13.1. The summed E-state index contributed by atoms with van der Waals surface area (Å²) >= 11 is 0. The Bertz CT molecular complexity index is 830. The first-order valence-corrected chi connectivity index (χ1v) is 6.39. The third kappa shape index (κ3) is 1.84. The van der Waals surface area contributed by atoms with E-state index in [9.17, 15) is 19.2 Å². The van der Waals surface area contributed by atoms with Crippen LogP contribution >= 0.6 is 0 Å². The van der Waals surface area contributed by atoms with Gasteiger partial charge in [0.15, 0.2) is 17.3 Å². The van der Waals surface area contributed by atoms with Crippen molar-refractivity contribution in [3.05, 3.63) is 70.3 Å². The first-order chi connectivity index (χ1) is 10.0. The number of fused-ring (bicyclic) bond motifs is 2. The molecule has 1 aliphatic rings. The predicted molar refractivity (Wildman–Crippen MR) is 74.8 cm³/mol. The van der Waals surface area contributed by atoms with Gasteiger partial charge in [0.2, 0.25) is 5.78 Å². The van der Waals surface area contributed by atoms with Crippen molar-refractivity contribution < 1.29 is 19.2 Å². The van der Waals surface area contributed by atoms with Crippen LogP contribution < -0.4 is 0 Å². The van der Waals surface area contributed by atoms with E-state index in [0.29, 0.717) is 5.56 Å². The lowest BCUT2D eigenvalue weighted by atomic mass is 9.81.